The van der Waals surface area contributed by atoms with E-state index < -0.39 is 9.53 Å². The fourth-order valence-electron chi connectivity index (χ4n) is 0.538. The van der Waals surface area contributed by atoms with Crippen molar-refractivity contribution in [1.29, 1.82) is 0 Å². The molecule has 0 aromatic rings. The second kappa shape index (κ2) is 6.79. The molecule has 0 bridgehead atoms. The van der Waals surface area contributed by atoms with E-state index in [-0.39, 0.29) is 6.10 Å². The molecular weight excluding hydrogens is 160 g/mol. The summed E-state index contributed by atoms with van der Waals surface area (Å²) in [7, 11) is -1.45. The smallest absolute Gasteiger partial charge is 0.371 e. The average molecular weight is 177 g/mol. The predicted octanol–water partition coefficient (Wildman–Crippen LogP) is 1.47. The quantitative estimate of drug-likeness (QED) is 0.575. The maximum atomic E-state index is 5.39. The second-order valence-electron chi connectivity index (χ2n) is 2.28. The van der Waals surface area contributed by atoms with Crippen molar-refractivity contribution in [2.24, 2.45) is 0 Å². The second-order valence-corrected chi connectivity index (χ2v) is 3.60. The molecule has 0 saturated heterocycles. The van der Waals surface area contributed by atoms with E-state index in [4.69, 9.17) is 13.3 Å². The molecule has 67 valence electrons. The Morgan fingerprint density at radius 3 is 1.82 bits per heavy atom. The van der Waals surface area contributed by atoms with Crippen LogP contribution < -0.4 is 0 Å². The molecule has 0 spiro atoms. The summed E-state index contributed by atoms with van der Waals surface area (Å²) in [5.74, 6) is 0. The van der Waals surface area contributed by atoms with E-state index in [1.54, 1.807) is 0 Å². The molecule has 3 nitrogen and oxygen atoms in total. The number of hydrogen-bond acceptors (Lipinski definition) is 3. The van der Waals surface area contributed by atoms with Crippen molar-refractivity contribution in [3.05, 3.63) is 0 Å². The first-order chi connectivity index (χ1) is 5.20. The number of hydrogen-bond donors (Lipinski definition) is 0. The summed E-state index contributed by atoms with van der Waals surface area (Å²) >= 11 is 0. The fraction of sp³-hybridized carbons (Fsp3) is 1.00. The largest absolute Gasteiger partial charge is 0.577 e. The van der Waals surface area contributed by atoms with Crippen molar-refractivity contribution in [3.63, 3.8) is 0 Å². The molecule has 0 aliphatic heterocycles. The Labute approximate surface area is 70.6 Å². The maximum Gasteiger partial charge on any atom is 0.577 e. The summed E-state index contributed by atoms with van der Waals surface area (Å²) in [6.07, 6.45) is 0.182. The summed E-state index contributed by atoms with van der Waals surface area (Å²) in [5, 5.41) is 0. The van der Waals surface area contributed by atoms with E-state index >= 15 is 0 Å². The molecule has 0 amide bonds. The normalized spacial score (nSPS) is 11.5. The zero-order valence-electron chi connectivity index (χ0n) is 7.72. The minimum absolute atomic E-state index is 0.182. The fourth-order valence-corrected chi connectivity index (χ4v) is 1.61. The van der Waals surface area contributed by atoms with Crippen molar-refractivity contribution < 1.29 is 13.3 Å². The molecule has 4 heteroatoms. The van der Waals surface area contributed by atoms with Crippen LogP contribution in [-0.2, 0) is 13.3 Å². The average Bonchev–Trinajstić information content (AvgIpc) is 1.87. The van der Waals surface area contributed by atoms with Crippen molar-refractivity contribution >= 4 is 9.53 Å². The van der Waals surface area contributed by atoms with Crippen LogP contribution in [0.25, 0.3) is 0 Å². The van der Waals surface area contributed by atoms with Gasteiger partial charge in [-0.2, -0.15) is 0 Å². The number of rotatable bonds is 6. The van der Waals surface area contributed by atoms with Crippen molar-refractivity contribution in [3.8, 4) is 0 Å². The van der Waals surface area contributed by atoms with Gasteiger partial charge in [0.05, 0.1) is 0 Å². The van der Waals surface area contributed by atoms with Crippen molar-refractivity contribution in [2.45, 2.75) is 33.8 Å². The van der Waals surface area contributed by atoms with Gasteiger partial charge in [-0.1, -0.05) is 0 Å². The lowest BCUT2D eigenvalue weighted by atomic mass is 10.5. The van der Waals surface area contributed by atoms with Crippen LogP contribution in [-0.4, -0.2) is 28.8 Å². The van der Waals surface area contributed by atoms with Crippen LogP contribution in [0.3, 0.4) is 0 Å². The minimum Gasteiger partial charge on any atom is -0.371 e. The van der Waals surface area contributed by atoms with Gasteiger partial charge in [-0.3, -0.25) is 0 Å². The van der Waals surface area contributed by atoms with Gasteiger partial charge in [-0.05, 0) is 27.7 Å². The molecule has 0 heterocycles. The summed E-state index contributed by atoms with van der Waals surface area (Å²) in [6, 6.07) is 0. The SMILES string of the molecule is CCO[Si](OCC)OC(C)C. The lowest BCUT2D eigenvalue weighted by molar-refractivity contribution is 0.0770. The molecule has 0 unspecified atom stereocenters. The van der Waals surface area contributed by atoms with Crippen LogP contribution in [0.15, 0.2) is 0 Å². The van der Waals surface area contributed by atoms with E-state index in [2.05, 4.69) is 0 Å². The lowest BCUT2D eigenvalue weighted by Gasteiger charge is -2.14. The van der Waals surface area contributed by atoms with Crippen LogP contribution in [0, 0.1) is 0 Å². The van der Waals surface area contributed by atoms with E-state index in [1.165, 1.54) is 0 Å². The third-order valence-electron chi connectivity index (χ3n) is 0.856. The van der Waals surface area contributed by atoms with Crippen molar-refractivity contribution in [1.82, 2.24) is 0 Å². The molecule has 0 aromatic heterocycles. The molecule has 0 fully saturated rings. The molecule has 0 saturated carbocycles. The minimum atomic E-state index is -1.45. The van der Waals surface area contributed by atoms with Gasteiger partial charge in [0, 0.05) is 19.3 Å². The Kier molecular flexibility index (Phi) is 6.85. The molecule has 0 atom stereocenters. The highest BCUT2D eigenvalue weighted by Crippen LogP contribution is 1.97. The molecule has 0 aromatic carbocycles. The zero-order chi connectivity index (χ0) is 8.69. The molecular formula is C7H17O3Si. The van der Waals surface area contributed by atoms with Gasteiger partial charge in [0.15, 0.2) is 0 Å². The Bertz CT molecular complexity index is 81.8. The highest BCUT2D eigenvalue weighted by atomic mass is 28.3. The van der Waals surface area contributed by atoms with E-state index in [9.17, 15) is 0 Å². The summed E-state index contributed by atoms with van der Waals surface area (Å²) in [5.41, 5.74) is 0. The van der Waals surface area contributed by atoms with Gasteiger partial charge in [0.2, 0.25) is 0 Å². The van der Waals surface area contributed by atoms with Crippen LogP contribution >= 0.6 is 0 Å². The summed E-state index contributed by atoms with van der Waals surface area (Å²) < 4.78 is 15.9. The molecule has 0 aliphatic carbocycles. The van der Waals surface area contributed by atoms with Crippen LogP contribution in [0.2, 0.25) is 0 Å². The first-order valence-electron chi connectivity index (χ1n) is 3.99. The first-order valence-corrected chi connectivity index (χ1v) is 5.22. The maximum absolute atomic E-state index is 5.39. The molecule has 0 rings (SSSR count). The lowest BCUT2D eigenvalue weighted by Crippen LogP contribution is -2.30. The summed E-state index contributed by atoms with van der Waals surface area (Å²) in [4.78, 5) is 0. The molecule has 0 N–H and O–H groups in total. The third-order valence-corrected chi connectivity index (χ3v) is 2.57. The molecule has 1 radical (unpaired) electrons. The Hall–Kier alpha value is 0.0969. The third kappa shape index (κ3) is 6.49. The van der Waals surface area contributed by atoms with Crippen LogP contribution in [0.5, 0.6) is 0 Å². The van der Waals surface area contributed by atoms with Crippen LogP contribution in [0.4, 0.5) is 0 Å². The Balaban J connectivity index is 3.50. The predicted molar refractivity (Wildman–Crippen MR) is 45.2 cm³/mol. The summed E-state index contributed by atoms with van der Waals surface area (Å²) in [6.45, 7) is 9.13. The van der Waals surface area contributed by atoms with Gasteiger partial charge in [0.1, 0.15) is 0 Å². The van der Waals surface area contributed by atoms with Gasteiger partial charge in [-0.15, -0.1) is 0 Å². The van der Waals surface area contributed by atoms with E-state index in [1.807, 2.05) is 27.7 Å². The highest BCUT2D eigenvalue weighted by molar-refractivity contribution is 6.36. The van der Waals surface area contributed by atoms with Gasteiger partial charge >= 0.3 is 9.53 Å². The van der Waals surface area contributed by atoms with E-state index in [0.29, 0.717) is 13.2 Å². The standard InChI is InChI=1S/C7H17O3Si/c1-5-8-11(9-6-2)10-7(3)4/h7H,5-6H2,1-4H3. The Morgan fingerprint density at radius 1 is 1.09 bits per heavy atom. The van der Waals surface area contributed by atoms with Crippen molar-refractivity contribution in [2.75, 3.05) is 13.2 Å². The van der Waals surface area contributed by atoms with Crippen LogP contribution in [0.1, 0.15) is 27.7 Å². The molecule has 11 heavy (non-hydrogen) atoms. The van der Waals surface area contributed by atoms with Gasteiger partial charge in [0.25, 0.3) is 0 Å². The van der Waals surface area contributed by atoms with Gasteiger partial charge in [-0.25, -0.2) is 0 Å². The first kappa shape index (κ1) is 11.1. The highest BCUT2D eigenvalue weighted by Gasteiger charge is 2.18. The van der Waals surface area contributed by atoms with E-state index in [0.717, 1.165) is 0 Å². The Morgan fingerprint density at radius 2 is 1.55 bits per heavy atom. The molecule has 0 aliphatic rings. The van der Waals surface area contributed by atoms with Gasteiger partial charge < -0.3 is 13.3 Å². The zero-order valence-corrected chi connectivity index (χ0v) is 8.72. The topological polar surface area (TPSA) is 27.7 Å². The monoisotopic (exact) mass is 177 g/mol.